The van der Waals surface area contributed by atoms with Gasteiger partial charge in [0.25, 0.3) is 0 Å². The lowest BCUT2D eigenvalue weighted by molar-refractivity contribution is 0.126. The van der Waals surface area contributed by atoms with Crippen molar-refractivity contribution in [2.75, 3.05) is 6.54 Å². The fraction of sp³-hybridized carbons (Fsp3) is 0.600. The molecule has 2 N–H and O–H groups in total. The Labute approximate surface area is 104 Å². The van der Waals surface area contributed by atoms with Gasteiger partial charge in [-0.25, -0.2) is 0 Å². The summed E-state index contributed by atoms with van der Waals surface area (Å²) in [5.41, 5.74) is 3.52. The summed E-state index contributed by atoms with van der Waals surface area (Å²) in [7, 11) is 0. The molecule has 1 saturated heterocycles. The summed E-state index contributed by atoms with van der Waals surface area (Å²) in [6.45, 7) is 5.21. The van der Waals surface area contributed by atoms with Crippen LogP contribution in [0.15, 0.2) is 18.2 Å². The molecule has 1 aliphatic heterocycles. The average Bonchev–Trinajstić information content (AvgIpc) is 2.55. The Hall–Kier alpha value is -0.860. The number of benzene rings is 1. The van der Waals surface area contributed by atoms with Gasteiger partial charge in [-0.2, -0.15) is 0 Å². The largest absolute Gasteiger partial charge is 0.387 e. The second kappa shape index (κ2) is 5.65. The zero-order valence-corrected chi connectivity index (χ0v) is 10.9. The minimum Gasteiger partial charge on any atom is -0.387 e. The summed E-state index contributed by atoms with van der Waals surface area (Å²) in [6, 6.07) is 6.57. The van der Waals surface area contributed by atoms with Crippen molar-refractivity contribution in [2.24, 2.45) is 0 Å². The smallest absolute Gasteiger partial charge is 0.0943 e. The highest BCUT2D eigenvalue weighted by molar-refractivity contribution is 5.30. The predicted molar refractivity (Wildman–Crippen MR) is 71.1 cm³/mol. The van der Waals surface area contributed by atoms with Crippen LogP contribution in [0.2, 0.25) is 0 Å². The molecule has 2 nitrogen and oxygen atoms in total. The highest BCUT2D eigenvalue weighted by Gasteiger charge is 2.21. The van der Waals surface area contributed by atoms with Crippen LogP contribution in [0.1, 0.15) is 48.5 Å². The molecule has 2 heteroatoms. The summed E-state index contributed by atoms with van der Waals surface area (Å²) in [6.07, 6.45) is 4.44. The number of aryl methyl sites for hydroxylation is 2. The lowest BCUT2D eigenvalue weighted by Crippen LogP contribution is -2.34. The summed E-state index contributed by atoms with van der Waals surface area (Å²) in [4.78, 5) is 0. The number of aliphatic hydroxyl groups excluding tert-OH is 1. The van der Waals surface area contributed by atoms with Gasteiger partial charge in [0.15, 0.2) is 0 Å². The summed E-state index contributed by atoms with van der Waals surface area (Å²) in [5, 5.41) is 13.9. The zero-order valence-electron chi connectivity index (χ0n) is 10.9. The van der Waals surface area contributed by atoms with Crippen molar-refractivity contribution in [3.63, 3.8) is 0 Å². The Balaban J connectivity index is 2.14. The van der Waals surface area contributed by atoms with E-state index in [1.807, 2.05) is 0 Å². The lowest BCUT2D eigenvalue weighted by atomic mass is 9.96. The molecule has 0 aliphatic carbocycles. The third kappa shape index (κ3) is 3.30. The first-order valence-electron chi connectivity index (χ1n) is 6.66. The molecule has 0 spiro atoms. The van der Waals surface area contributed by atoms with Crippen molar-refractivity contribution >= 4 is 0 Å². The maximum Gasteiger partial charge on any atom is 0.0943 e. The van der Waals surface area contributed by atoms with Gasteiger partial charge < -0.3 is 10.4 Å². The molecule has 1 aromatic rings. The maximum absolute atomic E-state index is 10.5. The summed E-state index contributed by atoms with van der Waals surface area (Å²) >= 11 is 0. The van der Waals surface area contributed by atoms with Gasteiger partial charge in [-0.15, -0.1) is 0 Å². The first-order valence-corrected chi connectivity index (χ1v) is 6.66. The van der Waals surface area contributed by atoms with Gasteiger partial charge in [0.05, 0.1) is 6.10 Å². The Morgan fingerprint density at radius 3 is 2.53 bits per heavy atom. The molecule has 2 unspecified atom stereocenters. The number of hydrogen-bond acceptors (Lipinski definition) is 2. The second-order valence-electron chi connectivity index (χ2n) is 5.28. The minimum atomic E-state index is -0.369. The molecule has 1 aliphatic rings. The van der Waals surface area contributed by atoms with Crippen molar-refractivity contribution in [3.8, 4) is 0 Å². The van der Waals surface area contributed by atoms with Crippen molar-refractivity contribution in [3.05, 3.63) is 34.9 Å². The SMILES string of the molecule is Cc1cc(C)cc(C(O)C2CCCCCN2)c1. The van der Waals surface area contributed by atoms with Crippen LogP contribution in [0.5, 0.6) is 0 Å². The molecule has 1 aromatic carbocycles. The average molecular weight is 233 g/mol. The Morgan fingerprint density at radius 1 is 1.12 bits per heavy atom. The monoisotopic (exact) mass is 233 g/mol. The molecule has 0 saturated carbocycles. The predicted octanol–water partition coefficient (Wildman–Crippen LogP) is 2.87. The molecule has 0 aromatic heterocycles. The van der Waals surface area contributed by atoms with E-state index < -0.39 is 0 Å². The van der Waals surface area contributed by atoms with E-state index in [1.165, 1.54) is 30.4 Å². The Morgan fingerprint density at radius 2 is 1.82 bits per heavy atom. The van der Waals surface area contributed by atoms with Gasteiger partial charge in [-0.1, -0.05) is 42.2 Å². The van der Waals surface area contributed by atoms with Crippen LogP contribution in [0.25, 0.3) is 0 Å². The molecule has 1 fully saturated rings. The molecule has 94 valence electrons. The zero-order chi connectivity index (χ0) is 12.3. The van der Waals surface area contributed by atoms with Crippen molar-refractivity contribution in [1.82, 2.24) is 5.32 Å². The van der Waals surface area contributed by atoms with E-state index >= 15 is 0 Å². The summed E-state index contributed by atoms with van der Waals surface area (Å²) in [5.74, 6) is 0. The van der Waals surface area contributed by atoms with Crippen LogP contribution in [-0.4, -0.2) is 17.7 Å². The molecule has 2 rings (SSSR count). The lowest BCUT2D eigenvalue weighted by Gasteiger charge is -2.23. The molecule has 2 atom stereocenters. The number of aliphatic hydroxyl groups is 1. The van der Waals surface area contributed by atoms with Gasteiger partial charge in [0.1, 0.15) is 0 Å². The van der Waals surface area contributed by atoms with E-state index in [1.54, 1.807) is 0 Å². The third-order valence-corrected chi connectivity index (χ3v) is 3.57. The first-order chi connectivity index (χ1) is 8.16. The summed E-state index contributed by atoms with van der Waals surface area (Å²) < 4.78 is 0. The van der Waals surface area contributed by atoms with Crippen LogP contribution < -0.4 is 5.32 Å². The third-order valence-electron chi connectivity index (χ3n) is 3.57. The highest BCUT2D eigenvalue weighted by atomic mass is 16.3. The van der Waals surface area contributed by atoms with E-state index in [9.17, 15) is 5.11 Å². The molecule has 0 radical (unpaired) electrons. The Bertz CT molecular complexity index is 347. The number of rotatable bonds is 2. The van der Waals surface area contributed by atoms with E-state index in [4.69, 9.17) is 0 Å². The standard InChI is InChI=1S/C15H23NO/c1-11-8-12(2)10-13(9-11)15(17)14-6-4-3-5-7-16-14/h8-10,14-17H,3-7H2,1-2H3. The van der Waals surface area contributed by atoms with E-state index in [2.05, 4.69) is 37.4 Å². The molecular formula is C15H23NO. The van der Waals surface area contributed by atoms with E-state index in [-0.39, 0.29) is 12.1 Å². The minimum absolute atomic E-state index is 0.221. The Kier molecular flexibility index (Phi) is 4.19. The number of nitrogens with one attached hydrogen (secondary N) is 1. The van der Waals surface area contributed by atoms with Gasteiger partial charge in [-0.05, 0) is 38.8 Å². The van der Waals surface area contributed by atoms with Gasteiger partial charge >= 0.3 is 0 Å². The molecule has 0 amide bonds. The van der Waals surface area contributed by atoms with E-state index in [0.717, 1.165) is 18.5 Å². The molecule has 0 bridgehead atoms. The van der Waals surface area contributed by atoms with Crippen molar-refractivity contribution < 1.29 is 5.11 Å². The molecular weight excluding hydrogens is 210 g/mol. The van der Waals surface area contributed by atoms with Gasteiger partial charge in [0.2, 0.25) is 0 Å². The van der Waals surface area contributed by atoms with Crippen molar-refractivity contribution in [1.29, 1.82) is 0 Å². The fourth-order valence-electron chi connectivity index (χ4n) is 2.74. The highest BCUT2D eigenvalue weighted by Crippen LogP contribution is 2.24. The van der Waals surface area contributed by atoms with Crippen LogP contribution in [0.3, 0.4) is 0 Å². The normalized spacial score (nSPS) is 23.1. The second-order valence-corrected chi connectivity index (χ2v) is 5.28. The topological polar surface area (TPSA) is 32.3 Å². The van der Waals surface area contributed by atoms with Crippen LogP contribution in [0.4, 0.5) is 0 Å². The molecule has 17 heavy (non-hydrogen) atoms. The van der Waals surface area contributed by atoms with Crippen LogP contribution in [-0.2, 0) is 0 Å². The van der Waals surface area contributed by atoms with Gasteiger partial charge in [0, 0.05) is 6.04 Å². The number of hydrogen-bond donors (Lipinski definition) is 2. The quantitative estimate of drug-likeness (QED) is 0.823. The maximum atomic E-state index is 10.5. The van der Waals surface area contributed by atoms with Crippen molar-refractivity contribution in [2.45, 2.75) is 51.7 Å². The van der Waals surface area contributed by atoms with Crippen LogP contribution in [0, 0.1) is 13.8 Å². The first kappa shape index (κ1) is 12.6. The fourth-order valence-corrected chi connectivity index (χ4v) is 2.74. The van der Waals surface area contributed by atoms with E-state index in [0.29, 0.717) is 0 Å². The molecule has 1 heterocycles. The van der Waals surface area contributed by atoms with Gasteiger partial charge in [-0.3, -0.25) is 0 Å². The van der Waals surface area contributed by atoms with Crippen LogP contribution >= 0.6 is 0 Å².